The minimum atomic E-state index is -4.69. The van der Waals surface area contributed by atoms with E-state index in [0.717, 1.165) is 32.1 Å². The summed E-state index contributed by atoms with van der Waals surface area (Å²) in [5.41, 5.74) is 0. The second kappa shape index (κ2) is 10.1. The number of halogens is 3. The van der Waals surface area contributed by atoms with Crippen molar-refractivity contribution < 1.29 is 26.9 Å². The number of unbranched alkanes of at least 4 members (excludes halogenated alkanes) is 1. The van der Waals surface area contributed by atoms with Gasteiger partial charge in [0.05, 0.1) is 28.3 Å². The van der Waals surface area contributed by atoms with Crippen LogP contribution in [-0.4, -0.2) is 33.8 Å². The number of hydrogen-bond acceptors (Lipinski definition) is 3. The Morgan fingerprint density at radius 2 is 1.81 bits per heavy atom. The molecule has 0 aromatic carbocycles. The van der Waals surface area contributed by atoms with E-state index in [2.05, 4.69) is 4.72 Å². The van der Waals surface area contributed by atoms with Gasteiger partial charge in [-0.1, -0.05) is 39.0 Å². The lowest BCUT2D eigenvalue weighted by atomic mass is 9.88. The number of carbonyl (C=O) groups is 1. The summed E-state index contributed by atoms with van der Waals surface area (Å²) in [6.07, 6.45) is 0.422. The van der Waals surface area contributed by atoms with E-state index in [0.29, 0.717) is 6.42 Å². The molecule has 0 aromatic rings. The standard InChI is InChI=1S/C18H32F3NO3S/c1-5-6-11-25-16(23)14(12-13-9-7-8-10-13)15(18(19,20)21)22-26(24)17(2,3)4/h13-15,22H,5-12H2,1-4H3/t14-,15-,26-/m1/s1. The van der Waals surface area contributed by atoms with Gasteiger partial charge in [-0.05, 0) is 39.5 Å². The predicted octanol–water partition coefficient (Wildman–Crippen LogP) is 4.51. The minimum absolute atomic E-state index is 0.0773. The molecule has 0 aliphatic heterocycles. The van der Waals surface area contributed by atoms with Crippen molar-refractivity contribution in [3.8, 4) is 0 Å². The largest absolute Gasteiger partial charge is 0.465 e. The first kappa shape index (κ1) is 23.4. The van der Waals surface area contributed by atoms with Crippen molar-refractivity contribution in [3.63, 3.8) is 0 Å². The number of hydrogen-bond donors (Lipinski definition) is 1. The molecule has 1 N–H and O–H groups in total. The molecule has 0 saturated heterocycles. The van der Waals surface area contributed by atoms with E-state index in [9.17, 15) is 22.2 Å². The van der Waals surface area contributed by atoms with Crippen LogP contribution in [0.25, 0.3) is 0 Å². The maximum Gasteiger partial charge on any atom is 0.405 e. The Morgan fingerprint density at radius 3 is 2.27 bits per heavy atom. The van der Waals surface area contributed by atoms with E-state index < -0.39 is 39.8 Å². The van der Waals surface area contributed by atoms with Crippen LogP contribution in [-0.2, 0) is 20.5 Å². The van der Waals surface area contributed by atoms with Crippen molar-refractivity contribution >= 4 is 17.0 Å². The number of carbonyl (C=O) groups excluding carboxylic acids is 1. The molecule has 26 heavy (non-hydrogen) atoms. The van der Waals surface area contributed by atoms with Gasteiger partial charge in [-0.3, -0.25) is 4.79 Å². The molecule has 154 valence electrons. The first-order chi connectivity index (χ1) is 12.0. The van der Waals surface area contributed by atoms with Gasteiger partial charge in [0.1, 0.15) is 6.04 Å². The Bertz CT molecular complexity index is 471. The van der Waals surface area contributed by atoms with E-state index in [4.69, 9.17) is 4.74 Å². The average Bonchev–Trinajstić information content (AvgIpc) is 3.01. The summed E-state index contributed by atoms with van der Waals surface area (Å²) in [5, 5.41) is 0. The zero-order valence-electron chi connectivity index (χ0n) is 16.2. The zero-order chi connectivity index (χ0) is 20.0. The molecule has 1 aliphatic rings. The monoisotopic (exact) mass is 399 g/mol. The highest BCUT2D eigenvalue weighted by molar-refractivity contribution is 7.84. The van der Waals surface area contributed by atoms with Crippen molar-refractivity contribution in [2.24, 2.45) is 11.8 Å². The summed E-state index contributed by atoms with van der Waals surface area (Å²) in [5.74, 6) is -2.14. The third kappa shape index (κ3) is 7.55. The molecule has 4 nitrogen and oxygen atoms in total. The Labute approximate surface area is 157 Å². The molecule has 1 saturated carbocycles. The van der Waals surface area contributed by atoms with Crippen LogP contribution in [0, 0.1) is 11.8 Å². The van der Waals surface area contributed by atoms with Gasteiger partial charge in [-0.2, -0.15) is 13.2 Å². The topological polar surface area (TPSA) is 55.4 Å². The fraction of sp³-hybridized carbons (Fsp3) is 0.944. The fourth-order valence-corrected chi connectivity index (χ4v) is 3.95. The van der Waals surface area contributed by atoms with Crippen molar-refractivity contribution in [2.45, 2.75) is 89.6 Å². The molecule has 1 fully saturated rings. The molecule has 0 bridgehead atoms. The number of nitrogens with one attached hydrogen (secondary N) is 1. The van der Waals surface area contributed by atoms with Gasteiger partial charge in [0.2, 0.25) is 0 Å². The number of rotatable bonds is 9. The summed E-state index contributed by atoms with van der Waals surface area (Å²) >= 11 is 0. The lowest BCUT2D eigenvalue weighted by molar-refractivity contribution is -0.180. The molecular weight excluding hydrogens is 367 g/mol. The zero-order valence-corrected chi connectivity index (χ0v) is 17.0. The highest BCUT2D eigenvalue weighted by atomic mass is 32.2. The highest BCUT2D eigenvalue weighted by Crippen LogP contribution is 2.36. The molecule has 0 heterocycles. The Kier molecular flexibility index (Phi) is 9.06. The Morgan fingerprint density at radius 1 is 1.23 bits per heavy atom. The van der Waals surface area contributed by atoms with E-state index in [-0.39, 0.29) is 18.9 Å². The van der Waals surface area contributed by atoms with Crippen LogP contribution in [0.3, 0.4) is 0 Å². The fourth-order valence-electron chi connectivity index (χ4n) is 3.07. The van der Waals surface area contributed by atoms with Crippen molar-refractivity contribution in [1.29, 1.82) is 0 Å². The molecule has 3 atom stereocenters. The number of ether oxygens (including phenoxy) is 1. The highest BCUT2D eigenvalue weighted by Gasteiger charge is 2.50. The first-order valence-electron chi connectivity index (χ1n) is 9.38. The number of alkyl halides is 3. The van der Waals surface area contributed by atoms with Gasteiger partial charge < -0.3 is 4.74 Å². The van der Waals surface area contributed by atoms with Crippen LogP contribution >= 0.6 is 0 Å². The Hall–Kier alpha value is -0.630. The lowest BCUT2D eigenvalue weighted by Gasteiger charge is -2.32. The van der Waals surface area contributed by atoms with E-state index in [1.165, 1.54) is 0 Å². The van der Waals surface area contributed by atoms with Crippen LogP contribution in [0.5, 0.6) is 0 Å². The van der Waals surface area contributed by atoms with E-state index >= 15 is 0 Å². The Balaban J connectivity index is 3.01. The normalized spacial score (nSPS) is 20.0. The predicted molar refractivity (Wildman–Crippen MR) is 96.8 cm³/mol. The molecule has 0 unspecified atom stereocenters. The smallest absolute Gasteiger partial charge is 0.405 e. The van der Waals surface area contributed by atoms with Crippen LogP contribution < -0.4 is 4.72 Å². The summed E-state index contributed by atoms with van der Waals surface area (Å²) < 4.78 is 59.9. The quantitative estimate of drug-likeness (QED) is 0.458. The molecule has 0 aromatic heterocycles. The van der Waals surface area contributed by atoms with Gasteiger partial charge in [0.15, 0.2) is 0 Å². The summed E-state index contributed by atoms with van der Waals surface area (Å²) in [7, 11) is -1.94. The minimum Gasteiger partial charge on any atom is -0.465 e. The summed E-state index contributed by atoms with van der Waals surface area (Å²) in [6.45, 7) is 6.80. The van der Waals surface area contributed by atoms with Gasteiger partial charge in [-0.15, -0.1) is 0 Å². The van der Waals surface area contributed by atoms with Gasteiger partial charge in [0.25, 0.3) is 0 Å². The van der Waals surface area contributed by atoms with E-state index in [1.54, 1.807) is 20.8 Å². The maximum absolute atomic E-state index is 13.7. The van der Waals surface area contributed by atoms with Gasteiger partial charge in [-0.25, -0.2) is 8.93 Å². The lowest BCUT2D eigenvalue weighted by Crippen LogP contribution is -2.54. The molecule has 0 radical (unpaired) electrons. The SMILES string of the molecule is CCCCOC(=O)[C@H](CC1CCCC1)[C@@H](N[S@](=O)C(C)(C)C)C(F)(F)F. The van der Waals surface area contributed by atoms with Crippen molar-refractivity contribution in [3.05, 3.63) is 0 Å². The van der Waals surface area contributed by atoms with E-state index in [1.807, 2.05) is 6.92 Å². The van der Waals surface area contributed by atoms with Crippen LogP contribution in [0.15, 0.2) is 0 Å². The second-order valence-corrected chi connectivity index (χ2v) is 10.0. The summed E-state index contributed by atoms with van der Waals surface area (Å²) in [6, 6.07) is -2.17. The molecule has 8 heteroatoms. The van der Waals surface area contributed by atoms with Crippen LogP contribution in [0.2, 0.25) is 0 Å². The number of esters is 1. The third-order valence-electron chi connectivity index (χ3n) is 4.65. The first-order valence-corrected chi connectivity index (χ1v) is 10.5. The third-order valence-corrected chi connectivity index (χ3v) is 6.23. The van der Waals surface area contributed by atoms with Gasteiger partial charge >= 0.3 is 12.1 Å². The maximum atomic E-state index is 13.7. The van der Waals surface area contributed by atoms with Crippen molar-refractivity contribution in [2.75, 3.05) is 6.61 Å². The average molecular weight is 400 g/mol. The van der Waals surface area contributed by atoms with Gasteiger partial charge in [0, 0.05) is 0 Å². The molecule has 1 rings (SSSR count). The molecule has 0 amide bonds. The van der Waals surface area contributed by atoms with Crippen LogP contribution in [0.4, 0.5) is 13.2 Å². The second-order valence-electron chi connectivity index (χ2n) is 8.03. The molecular formula is C18H32F3NO3S. The van der Waals surface area contributed by atoms with Crippen LogP contribution in [0.1, 0.15) is 72.6 Å². The van der Waals surface area contributed by atoms with Crippen molar-refractivity contribution in [1.82, 2.24) is 4.72 Å². The summed E-state index contributed by atoms with van der Waals surface area (Å²) in [4.78, 5) is 12.5. The molecule has 1 aliphatic carbocycles. The molecule has 0 spiro atoms.